The van der Waals surface area contributed by atoms with Crippen molar-refractivity contribution >= 4 is 11.8 Å². The summed E-state index contributed by atoms with van der Waals surface area (Å²) >= 11 is 0. The van der Waals surface area contributed by atoms with E-state index in [2.05, 4.69) is 5.32 Å². The number of hydrogen-bond donors (Lipinski definition) is 1. The minimum absolute atomic E-state index is 0.0459. The fraction of sp³-hybridized carbons (Fsp3) is 0.429. The second-order valence-corrected chi connectivity index (χ2v) is 5.05. The molecular formula is C14H16N2O2. The fourth-order valence-electron chi connectivity index (χ4n) is 2.95. The third-order valence-corrected chi connectivity index (χ3v) is 3.92. The van der Waals surface area contributed by atoms with Crippen LogP contribution in [-0.2, 0) is 4.79 Å². The minimum Gasteiger partial charge on any atom is -0.351 e. The lowest BCUT2D eigenvalue weighted by molar-refractivity contribution is -0.119. The summed E-state index contributed by atoms with van der Waals surface area (Å²) in [7, 11) is 0. The monoisotopic (exact) mass is 244 g/mol. The van der Waals surface area contributed by atoms with Crippen LogP contribution in [0.1, 0.15) is 28.8 Å². The lowest BCUT2D eigenvalue weighted by Gasteiger charge is -2.23. The van der Waals surface area contributed by atoms with Crippen LogP contribution in [-0.4, -0.2) is 35.3 Å². The van der Waals surface area contributed by atoms with E-state index in [0.717, 1.165) is 24.1 Å². The predicted octanol–water partition coefficient (Wildman–Crippen LogP) is 1.10. The Morgan fingerprint density at radius 2 is 2.17 bits per heavy atom. The molecule has 2 atom stereocenters. The average Bonchev–Trinajstić information content (AvgIpc) is 2.87. The number of likely N-dealkylation sites (tertiary alicyclic amines) is 1. The molecule has 1 N–H and O–H groups in total. The van der Waals surface area contributed by atoms with Gasteiger partial charge in [-0.1, -0.05) is 18.2 Å². The van der Waals surface area contributed by atoms with Crippen molar-refractivity contribution in [3.8, 4) is 0 Å². The zero-order valence-corrected chi connectivity index (χ0v) is 10.3. The Balaban J connectivity index is 1.86. The first-order valence-corrected chi connectivity index (χ1v) is 6.33. The Morgan fingerprint density at radius 1 is 1.39 bits per heavy atom. The standard InChI is InChI=1S/C14H16N2O2/c1-9-4-2-3-5-10(9)14(18)16-7-6-11-12(16)8-13(17)15-11/h2-5,11-12H,6-8H2,1H3,(H,15,17)/t11-,12-/m1/s1. The van der Waals surface area contributed by atoms with Crippen molar-refractivity contribution in [1.29, 1.82) is 0 Å². The second-order valence-electron chi connectivity index (χ2n) is 5.05. The zero-order valence-electron chi connectivity index (χ0n) is 10.3. The van der Waals surface area contributed by atoms with Crippen molar-refractivity contribution in [3.63, 3.8) is 0 Å². The van der Waals surface area contributed by atoms with E-state index in [1.54, 1.807) is 0 Å². The van der Waals surface area contributed by atoms with Crippen molar-refractivity contribution in [3.05, 3.63) is 35.4 Å². The molecule has 3 rings (SSSR count). The molecule has 0 bridgehead atoms. The highest BCUT2D eigenvalue weighted by Crippen LogP contribution is 2.27. The fourth-order valence-corrected chi connectivity index (χ4v) is 2.95. The summed E-state index contributed by atoms with van der Waals surface area (Å²) in [5.74, 6) is 0.115. The maximum Gasteiger partial charge on any atom is 0.254 e. The predicted molar refractivity (Wildman–Crippen MR) is 67.2 cm³/mol. The Kier molecular flexibility index (Phi) is 2.58. The van der Waals surface area contributed by atoms with E-state index < -0.39 is 0 Å². The van der Waals surface area contributed by atoms with Gasteiger partial charge < -0.3 is 10.2 Å². The van der Waals surface area contributed by atoms with Crippen molar-refractivity contribution in [2.24, 2.45) is 0 Å². The molecule has 2 aliphatic heterocycles. The van der Waals surface area contributed by atoms with Gasteiger partial charge >= 0.3 is 0 Å². The summed E-state index contributed by atoms with van der Waals surface area (Å²) in [6.45, 7) is 2.68. The van der Waals surface area contributed by atoms with Crippen molar-refractivity contribution in [2.75, 3.05) is 6.54 Å². The Hall–Kier alpha value is -1.84. The van der Waals surface area contributed by atoms with E-state index >= 15 is 0 Å². The minimum atomic E-state index is 0.0459. The van der Waals surface area contributed by atoms with Gasteiger partial charge in [0.05, 0.1) is 12.1 Å². The van der Waals surface area contributed by atoms with Gasteiger partial charge in [0.1, 0.15) is 0 Å². The molecule has 4 nitrogen and oxygen atoms in total. The molecule has 2 fully saturated rings. The number of aryl methyl sites for hydroxylation is 1. The van der Waals surface area contributed by atoms with Crippen LogP contribution in [0.5, 0.6) is 0 Å². The summed E-state index contributed by atoms with van der Waals surface area (Å²) in [6, 6.07) is 7.81. The molecule has 0 aromatic heterocycles. The first kappa shape index (κ1) is 11.3. The van der Waals surface area contributed by atoms with Gasteiger partial charge in [-0.3, -0.25) is 9.59 Å². The van der Waals surface area contributed by atoms with Crippen molar-refractivity contribution in [2.45, 2.75) is 31.8 Å². The topological polar surface area (TPSA) is 49.4 Å². The van der Waals surface area contributed by atoms with Crippen LogP contribution in [0.4, 0.5) is 0 Å². The molecule has 4 heteroatoms. The van der Waals surface area contributed by atoms with Crippen LogP contribution in [0, 0.1) is 6.92 Å². The maximum atomic E-state index is 12.5. The average molecular weight is 244 g/mol. The smallest absolute Gasteiger partial charge is 0.254 e. The molecule has 0 radical (unpaired) electrons. The SMILES string of the molecule is Cc1ccccc1C(=O)N1CC[C@H]2NC(=O)C[C@H]21. The molecule has 18 heavy (non-hydrogen) atoms. The highest BCUT2D eigenvalue weighted by atomic mass is 16.2. The molecule has 0 saturated carbocycles. The van der Waals surface area contributed by atoms with E-state index in [-0.39, 0.29) is 23.9 Å². The number of fused-ring (bicyclic) bond motifs is 1. The number of benzene rings is 1. The number of carbonyl (C=O) groups excluding carboxylic acids is 2. The molecule has 2 heterocycles. The van der Waals surface area contributed by atoms with Crippen LogP contribution < -0.4 is 5.32 Å². The Bertz CT molecular complexity index is 512. The van der Waals surface area contributed by atoms with Gasteiger partial charge in [0, 0.05) is 18.5 Å². The third kappa shape index (κ3) is 1.68. The molecule has 1 aromatic rings. The van der Waals surface area contributed by atoms with E-state index in [1.165, 1.54) is 0 Å². The summed E-state index contributed by atoms with van der Waals surface area (Å²) in [5.41, 5.74) is 1.74. The lowest BCUT2D eigenvalue weighted by Crippen LogP contribution is -2.38. The molecule has 0 aliphatic carbocycles. The zero-order chi connectivity index (χ0) is 12.7. The third-order valence-electron chi connectivity index (χ3n) is 3.92. The van der Waals surface area contributed by atoms with Crippen LogP contribution in [0.2, 0.25) is 0 Å². The first-order chi connectivity index (χ1) is 8.66. The van der Waals surface area contributed by atoms with Gasteiger partial charge in [-0.15, -0.1) is 0 Å². The van der Waals surface area contributed by atoms with E-state index in [9.17, 15) is 9.59 Å². The summed E-state index contributed by atoms with van der Waals surface area (Å²) in [5, 5.41) is 2.93. The summed E-state index contributed by atoms with van der Waals surface area (Å²) in [4.78, 5) is 25.7. The molecule has 2 saturated heterocycles. The van der Waals surface area contributed by atoms with Gasteiger partial charge in [-0.25, -0.2) is 0 Å². The molecule has 1 aromatic carbocycles. The van der Waals surface area contributed by atoms with E-state index in [0.29, 0.717) is 6.42 Å². The van der Waals surface area contributed by atoms with Gasteiger partial charge in [-0.05, 0) is 25.0 Å². The normalized spacial score (nSPS) is 26.1. The van der Waals surface area contributed by atoms with Crippen molar-refractivity contribution < 1.29 is 9.59 Å². The molecule has 2 amide bonds. The molecule has 0 unspecified atom stereocenters. The number of rotatable bonds is 1. The quantitative estimate of drug-likeness (QED) is 0.804. The number of nitrogens with one attached hydrogen (secondary N) is 1. The number of nitrogens with zero attached hydrogens (tertiary/aromatic N) is 1. The van der Waals surface area contributed by atoms with Crippen molar-refractivity contribution in [1.82, 2.24) is 10.2 Å². The highest BCUT2D eigenvalue weighted by molar-refractivity contribution is 5.96. The second kappa shape index (κ2) is 4.12. The van der Waals surface area contributed by atoms with Gasteiger partial charge in [0.15, 0.2) is 0 Å². The summed E-state index contributed by atoms with van der Waals surface area (Å²) < 4.78 is 0. The number of hydrogen-bond acceptors (Lipinski definition) is 2. The summed E-state index contributed by atoms with van der Waals surface area (Å²) in [6.07, 6.45) is 1.32. The van der Waals surface area contributed by atoms with Crippen LogP contribution in [0.15, 0.2) is 24.3 Å². The number of carbonyl (C=O) groups is 2. The number of amides is 2. The molecule has 0 spiro atoms. The highest BCUT2D eigenvalue weighted by Gasteiger charge is 2.43. The van der Waals surface area contributed by atoms with E-state index in [4.69, 9.17) is 0 Å². The van der Waals surface area contributed by atoms with Gasteiger partial charge in [0.25, 0.3) is 5.91 Å². The van der Waals surface area contributed by atoms with E-state index in [1.807, 2.05) is 36.1 Å². The Morgan fingerprint density at radius 3 is 2.94 bits per heavy atom. The van der Waals surface area contributed by atoms with Crippen LogP contribution in [0.25, 0.3) is 0 Å². The maximum absolute atomic E-state index is 12.5. The van der Waals surface area contributed by atoms with Crippen LogP contribution in [0.3, 0.4) is 0 Å². The largest absolute Gasteiger partial charge is 0.351 e. The van der Waals surface area contributed by atoms with Gasteiger partial charge in [-0.2, -0.15) is 0 Å². The van der Waals surface area contributed by atoms with Gasteiger partial charge in [0.2, 0.25) is 5.91 Å². The first-order valence-electron chi connectivity index (χ1n) is 6.33. The molecule has 94 valence electrons. The van der Waals surface area contributed by atoms with Crippen LogP contribution >= 0.6 is 0 Å². The molecular weight excluding hydrogens is 228 g/mol. The molecule has 2 aliphatic rings. The lowest BCUT2D eigenvalue weighted by atomic mass is 10.1. The Labute approximate surface area is 106 Å².